The molecule has 0 spiro atoms. The third-order valence-electron chi connectivity index (χ3n) is 4.11. The van der Waals surface area contributed by atoms with Crippen molar-refractivity contribution in [2.45, 2.75) is 18.9 Å². The average Bonchev–Trinajstić information content (AvgIpc) is 3.20. The third-order valence-corrected chi connectivity index (χ3v) is 4.35. The first kappa shape index (κ1) is 20.0. The predicted molar refractivity (Wildman–Crippen MR) is 108 cm³/mol. The topological polar surface area (TPSA) is 88.7 Å². The van der Waals surface area contributed by atoms with Gasteiger partial charge in [0.1, 0.15) is 12.4 Å². The molecule has 1 saturated heterocycles. The average molecular weight is 404 g/mol. The Kier molecular flexibility index (Phi) is 7.11. The molecule has 1 unspecified atom stereocenters. The summed E-state index contributed by atoms with van der Waals surface area (Å²) in [5.41, 5.74) is 1.17. The second-order valence-corrected chi connectivity index (χ2v) is 6.74. The zero-order valence-corrected chi connectivity index (χ0v) is 16.0. The smallest absolute Gasteiger partial charge is 0.325 e. The van der Waals surface area contributed by atoms with Crippen LogP contribution in [0.5, 0.6) is 5.75 Å². The summed E-state index contributed by atoms with van der Waals surface area (Å²) in [6.07, 6.45) is 2.08. The van der Waals surface area contributed by atoms with Crippen LogP contribution >= 0.6 is 11.6 Å². The molecule has 1 fully saturated rings. The number of amides is 3. The van der Waals surface area contributed by atoms with E-state index in [-0.39, 0.29) is 12.6 Å². The van der Waals surface area contributed by atoms with E-state index in [1.807, 2.05) is 6.07 Å². The first-order chi connectivity index (χ1) is 13.6. The Morgan fingerprint density at radius 3 is 2.75 bits per heavy atom. The van der Waals surface area contributed by atoms with E-state index in [2.05, 4.69) is 16.0 Å². The molecule has 3 amide bonds. The molecule has 2 aromatic carbocycles. The zero-order chi connectivity index (χ0) is 19.8. The molecule has 8 heteroatoms. The minimum Gasteiger partial charge on any atom is -0.489 e. The molecule has 28 heavy (non-hydrogen) atoms. The summed E-state index contributed by atoms with van der Waals surface area (Å²) in [7, 11) is 0. The van der Waals surface area contributed by atoms with Gasteiger partial charge in [-0.3, -0.25) is 10.1 Å². The number of rotatable bonds is 7. The van der Waals surface area contributed by atoms with Crippen molar-refractivity contribution in [2.75, 3.05) is 30.4 Å². The summed E-state index contributed by atoms with van der Waals surface area (Å²) in [5, 5.41) is 8.31. The number of anilines is 2. The van der Waals surface area contributed by atoms with Crippen LogP contribution in [0, 0.1) is 0 Å². The van der Waals surface area contributed by atoms with Crippen LogP contribution in [0.3, 0.4) is 0 Å². The van der Waals surface area contributed by atoms with Crippen molar-refractivity contribution in [3.8, 4) is 5.75 Å². The van der Waals surface area contributed by atoms with Crippen LogP contribution in [0.1, 0.15) is 12.8 Å². The lowest BCUT2D eigenvalue weighted by Crippen LogP contribution is -2.38. The fraction of sp³-hybridized carbons (Fsp3) is 0.300. The number of carbonyl (C=O) groups excluding carboxylic acids is 2. The number of urea groups is 1. The van der Waals surface area contributed by atoms with Crippen molar-refractivity contribution in [1.29, 1.82) is 0 Å². The van der Waals surface area contributed by atoms with Crippen LogP contribution < -0.4 is 20.7 Å². The lowest BCUT2D eigenvalue weighted by Gasteiger charge is -2.16. The molecule has 3 N–H and O–H groups in total. The van der Waals surface area contributed by atoms with E-state index in [1.54, 1.807) is 42.5 Å². The molecule has 1 atom stereocenters. The molecule has 7 nitrogen and oxygen atoms in total. The number of nitrogens with one attached hydrogen (secondary N) is 3. The zero-order valence-electron chi connectivity index (χ0n) is 15.2. The maximum Gasteiger partial charge on any atom is 0.325 e. The van der Waals surface area contributed by atoms with Gasteiger partial charge in [-0.2, -0.15) is 0 Å². The van der Waals surface area contributed by atoms with E-state index in [0.717, 1.165) is 19.4 Å². The first-order valence-corrected chi connectivity index (χ1v) is 9.41. The number of imide groups is 1. The first-order valence-electron chi connectivity index (χ1n) is 9.04. The molecule has 0 radical (unpaired) electrons. The van der Waals surface area contributed by atoms with Gasteiger partial charge in [0.25, 0.3) is 0 Å². The summed E-state index contributed by atoms with van der Waals surface area (Å²) in [6, 6.07) is 13.4. The van der Waals surface area contributed by atoms with Crippen molar-refractivity contribution in [3.63, 3.8) is 0 Å². The fourth-order valence-electron chi connectivity index (χ4n) is 2.75. The number of benzene rings is 2. The highest BCUT2D eigenvalue weighted by atomic mass is 35.5. The molecule has 0 bridgehead atoms. The number of hydrogen-bond donors (Lipinski definition) is 3. The maximum atomic E-state index is 12.1. The fourth-order valence-corrected chi connectivity index (χ4v) is 2.93. The molecule has 2 aromatic rings. The summed E-state index contributed by atoms with van der Waals surface area (Å²) in [6.45, 7) is 1.08. The van der Waals surface area contributed by atoms with Crippen molar-refractivity contribution in [3.05, 3.63) is 53.6 Å². The normalized spacial score (nSPS) is 15.7. The molecule has 0 saturated carbocycles. The number of halogens is 1. The quantitative estimate of drug-likeness (QED) is 0.656. The number of hydrogen-bond acceptors (Lipinski definition) is 5. The van der Waals surface area contributed by atoms with Crippen LogP contribution in [0.2, 0.25) is 5.02 Å². The summed E-state index contributed by atoms with van der Waals surface area (Å²) < 4.78 is 11.4. The third kappa shape index (κ3) is 6.14. The van der Waals surface area contributed by atoms with Gasteiger partial charge >= 0.3 is 6.03 Å². The minimum absolute atomic E-state index is 0.0773. The van der Waals surface area contributed by atoms with Gasteiger partial charge < -0.3 is 20.1 Å². The molecule has 148 valence electrons. The van der Waals surface area contributed by atoms with Crippen LogP contribution in [0.4, 0.5) is 16.2 Å². The van der Waals surface area contributed by atoms with Gasteiger partial charge in [-0.05, 0) is 43.2 Å². The Labute approximate surface area is 168 Å². The van der Waals surface area contributed by atoms with Gasteiger partial charge in [0.05, 0.1) is 18.3 Å². The van der Waals surface area contributed by atoms with Crippen LogP contribution in [0.25, 0.3) is 0 Å². The highest BCUT2D eigenvalue weighted by molar-refractivity contribution is 6.31. The SMILES string of the molecule is O=C(CNc1cc(Cl)ccc1OCC1CCCO1)NC(=O)Nc1ccccc1. The molecule has 3 rings (SSSR count). The number of carbonyl (C=O) groups is 2. The van der Waals surface area contributed by atoms with Crippen LogP contribution in [0.15, 0.2) is 48.5 Å². The Hall–Kier alpha value is -2.77. The number of ether oxygens (including phenoxy) is 2. The predicted octanol–water partition coefficient (Wildman–Crippen LogP) is 3.66. The van der Waals surface area contributed by atoms with Crippen LogP contribution in [-0.4, -0.2) is 37.8 Å². The highest BCUT2D eigenvalue weighted by Gasteiger charge is 2.17. The minimum atomic E-state index is -0.598. The molecule has 1 heterocycles. The second-order valence-electron chi connectivity index (χ2n) is 6.31. The highest BCUT2D eigenvalue weighted by Crippen LogP contribution is 2.28. The summed E-state index contributed by atoms with van der Waals surface area (Å²) in [5.74, 6) is 0.0833. The van der Waals surface area contributed by atoms with Crippen molar-refractivity contribution in [2.24, 2.45) is 0 Å². The monoisotopic (exact) mass is 403 g/mol. The summed E-state index contributed by atoms with van der Waals surface area (Å²) >= 11 is 6.05. The van der Waals surface area contributed by atoms with Crippen LogP contribution in [-0.2, 0) is 9.53 Å². The van der Waals surface area contributed by atoms with E-state index in [4.69, 9.17) is 21.1 Å². The Balaban J connectivity index is 1.50. The van der Waals surface area contributed by atoms with E-state index < -0.39 is 11.9 Å². The molecule has 1 aliphatic rings. The largest absolute Gasteiger partial charge is 0.489 e. The Morgan fingerprint density at radius 1 is 1.18 bits per heavy atom. The second kappa shape index (κ2) is 9.96. The van der Waals surface area contributed by atoms with Gasteiger partial charge in [-0.25, -0.2) is 4.79 Å². The van der Waals surface area contributed by atoms with Gasteiger partial charge in [-0.1, -0.05) is 29.8 Å². The molecule has 1 aliphatic heterocycles. The van der Waals surface area contributed by atoms with Gasteiger partial charge in [0.2, 0.25) is 5.91 Å². The maximum absolute atomic E-state index is 12.1. The van der Waals surface area contributed by atoms with E-state index in [0.29, 0.717) is 28.8 Å². The van der Waals surface area contributed by atoms with E-state index in [1.165, 1.54) is 0 Å². The standard InChI is InChI=1S/C20H22ClN3O4/c21-14-8-9-18(28-13-16-7-4-10-27-16)17(11-14)22-12-19(25)24-20(26)23-15-5-2-1-3-6-15/h1-3,5-6,8-9,11,16,22H,4,7,10,12-13H2,(H2,23,24,25,26). The Bertz CT molecular complexity index is 810. The van der Waals surface area contributed by atoms with Gasteiger partial charge in [-0.15, -0.1) is 0 Å². The van der Waals surface area contributed by atoms with E-state index >= 15 is 0 Å². The number of para-hydroxylation sites is 1. The lowest BCUT2D eigenvalue weighted by atomic mass is 10.2. The molecule has 0 aromatic heterocycles. The summed E-state index contributed by atoms with van der Waals surface area (Å²) in [4.78, 5) is 23.9. The lowest BCUT2D eigenvalue weighted by molar-refractivity contribution is -0.118. The van der Waals surface area contributed by atoms with Crippen molar-refractivity contribution < 1.29 is 19.1 Å². The van der Waals surface area contributed by atoms with Crippen molar-refractivity contribution >= 4 is 34.9 Å². The van der Waals surface area contributed by atoms with Gasteiger partial charge in [0, 0.05) is 17.3 Å². The van der Waals surface area contributed by atoms with E-state index in [9.17, 15) is 9.59 Å². The molecule has 0 aliphatic carbocycles. The molecular formula is C20H22ClN3O4. The van der Waals surface area contributed by atoms with Crippen molar-refractivity contribution in [1.82, 2.24) is 5.32 Å². The van der Waals surface area contributed by atoms with Gasteiger partial charge in [0.15, 0.2) is 0 Å². The Morgan fingerprint density at radius 2 is 2.00 bits per heavy atom. The molecular weight excluding hydrogens is 382 g/mol.